The normalized spacial score (nSPS) is 28.0. The van der Waals surface area contributed by atoms with E-state index in [-0.39, 0.29) is 11.5 Å². The molecule has 2 aliphatic heterocycles. The van der Waals surface area contributed by atoms with Gasteiger partial charge in [-0.15, -0.1) is 0 Å². The summed E-state index contributed by atoms with van der Waals surface area (Å²) in [7, 11) is 0. The van der Waals surface area contributed by atoms with Gasteiger partial charge in [-0.2, -0.15) is 0 Å². The molecule has 0 aromatic carbocycles. The summed E-state index contributed by atoms with van der Waals surface area (Å²) in [5, 5.41) is 3.58. The van der Waals surface area contributed by atoms with Crippen molar-refractivity contribution in [2.24, 2.45) is 5.41 Å². The van der Waals surface area contributed by atoms with Crippen LogP contribution in [0.2, 0.25) is 0 Å². The minimum absolute atomic E-state index is 0.180. The summed E-state index contributed by atoms with van der Waals surface area (Å²) in [4.78, 5) is 14.0. The minimum atomic E-state index is -0.419. The lowest BCUT2D eigenvalue weighted by Gasteiger charge is -2.40. The average Bonchev–Trinajstić information content (AvgIpc) is 2.83. The molecule has 5 nitrogen and oxygen atoms in total. The van der Waals surface area contributed by atoms with Crippen LogP contribution in [0.4, 0.5) is 4.79 Å². The van der Waals surface area contributed by atoms with Crippen LogP contribution in [0.3, 0.4) is 0 Å². The van der Waals surface area contributed by atoms with Crippen molar-refractivity contribution in [2.45, 2.75) is 78.1 Å². The smallest absolute Gasteiger partial charge is 0.410 e. The van der Waals surface area contributed by atoms with Gasteiger partial charge in [0.05, 0.1) is 12.2 Å². The number of nitrogens with one attached hydrogen (secondary N) is 1. The van der Waals surface area contributed by atoms with Gasteiger partial charge in [-0.05, 0) is 58.8 Å². The Kier molecular flexibility index (Phi) is 5.95. The molecule has 0 aromatic heterocycles. The molecule has 2 aliphatic rings. The molecule has 2 atom stereocenters. The molecule has 2 heterocycles. The van der Waals surface area contributed by atoms with Crippen molar-refractivity contribution < 1.29 is 14.3 Å². The molecule has 0 spiro atoms. The number of carbonyl (C=O) groups is 1. The van der Waals surface area contributed by atoms with Crippen molar-refractivity contribution in [3.8, 4) is 0 Å². The van der Waals surface area contributed by atoms with E-state index in [1.807, 2.05) is 25.7 Å². The van der Waals surface area contributed by atoms with Gasteiger partial charge in [-0.25, -0.2) is 4.79 Å². The molecule has 2 unspecified atom stereocenters. The van der Waals surface area contributed by atoms with E-state index < -0.39 is 5.60 Å². The molecule has 0 saturated carbocycles. The molecule has 1 N–H and O–H groups in total. The first-order valence-electron chi connectivity index (χ1n) is 9.01. The van der Waals surface area contributed by atoms with Crippen LogP contribution in [0.15, 0.2) is 0 Å². The number of piperidine rings is 1. The summed E-state index contributed by atoms with van der Waals surface area (Å²) in [6.07, 6.45) is 4.97. The summed E-state index contributed by atoms with van der Waals surface area (Å²) in [5.41, 5.74) is -0.166. The standard InChI is InChI=1S/C18H34N2O3/c1-14-6-7-15(22-14)12-19-13-18(5)8-10-20(11-9-18)16(21)23-17(2,3)4/h14-15,19H,6-13H2,1-5H3. The van der Waals surface area contributed by atoms with Crippen molar-refractivity contribution in [1.82, 2.24) is 10.2 Å². The average molecular weight is 326 g/mol. The highest BCUT2D eigenvalue weighted by molar-refractivity contribution is 5.68. The van der Waals surface area contributed by atoms with Crippen molar-refractivity contribution in [2.75, 3.05) is 26.2 Å². The molecule has 0 aliphatic carbocycles. The van der Waals surface area contributed by atoms with E-state index in [0.29, 0.717) is 12.2 Å². The summed E-state index contributed by atoms with van der Waals surface area (Å²) in [6.45, 7) is 13.7. The van der Waals surface area contributed by atoms with E-state index in [2.05, 4.69) is 19.2 Å². The molecular formula is C18H34N2O3. The molecule has 2 saturated heterocycles. The fourth-order valence-corrected chi connectivity index (χ4v) is 3.30. The van der Waals surface area contributed by atoms with Crippen LogP contribution in [-0.4, -0.2) is 55.0 Å². The largest absolute Gasteiger partial charge is 0.444 e. The van der Waals surface area contributed by atoms with Gasteiger partial charge in [0.2, 0.25) is 0 Å². The third-order valence-electron chi connectivity index (χ3n) is 4.87. The molecule has 2 fully saturated rings. The SMILES string of the molecule is CC1CCC(CNCC2(C)CCN(C(=O)OC(C)(C)C)CC2)O1. The quantitative estimate of drug-likeness (QED) is 0.862. The summed E-state index contributed by atoms with van der Waals surface area (Å²) >= 11 is 0. The number of amides is 1. The Hall–Kier alpha value is -0.810. The highest BCUT2D eigenvalue weighted by atomic mass is 16.6. The van der Waals surface area contributed by atoms with E-state index in [1.165, 1.54) is 6.42 Å². The Bertz CT molecular complexity index is 398. The van der Waals surface area contributed by atoms with Crippen LogP contribution in [0, 0.1) is 5.41 Å². The van der Waals surface area contributed by atoms with Gasteiger partial charge in [0, 0.05) is 26.2 Å². The zero-order chi connectivity index (χ0) is 17.1. The Labute approximate surface area is 141 Å². The summed E-state index contributed by atoms with van der Waals surface area (Å²) in [6, 6.07) is 0. The van der Waals surface area contributed by atoms with Crippen LogP contribution >= 0.6 is 0 Å². The maximum absolute atomic E-state index is 12.1. The number of likely N-dealkylation sites (tertiary alicyclic amines) is 1. The molecule has 23 heavy (non-hydrogen) atoms. The fraction of sp³-hybridized carbons (Fsp3) is 0.944. The van der Waals surface area contributed by atoms with Gasteiger partial charge in [-0.1, -0.05) is 6.92 Å². The van der Waals surface area contributed by atoms with Gasteiger partial charge in [0.1, 0.15) is 5.60 Å². The molecule has 0 aromatic rings. The first kappa shape index (κ1) is 18.5. The Morgan fingerprint density at radius 3 is 2.48 bits per heavy atom. The minimum Gasteiger partial charge on any atom is -0.444 e. The van der Waals surface area contributed by atoms with E-state index in [0.717, 1.165) is 45.4 Å². The Balaban J connectivity index is 1.69. The molecule has 0 bridgehead atoms. The third kappa shape index (κ3) is 5.96. The number of hydrogen-bond donors (Lipinski definition) is 1. The molecule has 134 valence electrons. The van der Waals surface area contributed by atoms with Crippen LogP contribution in [0.25, 0.3) is 0 Å². The van der Waals surface area contributed by atoms with Crippen molar-refractivity contribution in [3.05, 3.63) is 0 Å². The van der Waals surface area contributed by atoms with Gasteiger partial charge >= 0.3 is 6.09 Å². The lowest BCUT2D eigenvalue weighted by atomic mass is 9.80. The topological polar surface area (TPSA) is 50.8 Å². The highest BCUT2D eigenvalue weighted by Gasteiger charge is 2.33. The van der Waals surface area contributed by atoms with Gasteiger partial charge in [0.15, 0.2) is 0 Å². The molecule has 1 amide bonds. The van der Waals surface area contributed by atoms with Crippen LogP contribution in [-0.2, 0) is 9.47 Å². The number of ether oxygens (including phenoxy) is 2. The number of carbonyl (C=O) groups excluding carboxylic acids is 1. The Morgan fingerprint density at radius 1 is 1.30 bits per heavy atom. The van der Waals surface area contributed by atoms with Crippen molar-refractivity contribution in [3.63, 3.8) is 0 Å². The van der Waals surface area contributed by atoms with Crippen molar-refractivity contribution in [1.29, 1.82) is 0 Å². The van der Waals surface area contributed by atoms with E-state index in [1.54, 1.807) is 0 Å². The predicted molar refractivity (Wildman–Crippen MR) is 91.6 cm³/mol. The van der Waals surface area contributed by atoms with E-state index in [9.17, 15) is 4.79 Å². The number of hydrogen-bond acceptors (Lipinski definition) is 4. The van der Waals surface area contributed by atoms with Gasteiger partial charge < -0.3 is 19.7 Å². The lowest BCUT2D eigenvalue weighted by Crippen LogP contribution is -2.47. The molecule has 0 radical (unpaired) electrons. The second-order valence-corrected chi connectivity index (χ2v) is 8.56. The predicted octanol–water partition coefficient (Wildman–Crippen LogP) is 3.18. The second-order valence-electron chi connectivity index (χ2n) is 8.56. The van der Waals surface area contributed by atoms with Crippen LogP contribution in [0.5, 0.6) is 0 Å². The zero-order valence-corrected chi connectivity index (χ0v) is 15.5. The van der Waals surface area contributed by atoms with Gasteiger partial charge in [0.25, 0.3) is 0 Å². The molecular weight excluding hydrogens is 292 g/mol. The maximum Gasteiger partial charge on any atom is 0.410 e. The number of rotatable bonds is 4. The third-order valence-corrected chi connectivity index (χ3v) is 4.87. The monoisotopic (exact) mass is 326 g/mol. The molecule has 5 heteroatoms. The molecule has 2 rings (SSSR count). The van der Waals surface area contributed by atoms with Crippen LogP contribution in [0.1, 0.15) is 60.3 Å². The second kappa shape index (κ2) is 7.39. The lowest BCUT2D eigenvalue weighted by molar-refractivity contribution is 0.0113. The zero-order valence-electron chi connectivity index (χ0n) is 15.5. The highest BCUT2D eigenvalue weighted by Crippen LogP contribution is 2.31. The number of nitrogens with zero attached hydrogens (tertiary/aromatic N) is 1. The van der Waals surface area contributed by atoms with Crippen LogP contribution < -0.4 is 5.32 Å². The maximum atomic E-state index is 12.1. The van der Waals surface area contributed by atoms with E-state index in [4.69, 9.17) is 9.47 Å². The summed E-state index contributed by atoms with van der Waals surface area (Å²) < 4.78 is 11.3. The van der Waals surface area contributed by atoms with Crippen molar-refractivity contribution >= 4 is 6.09 Å². The van der Waals surface area contributed by atoms with Gasteiger partial charge in [-0.3, -0.25) is 0 Å². The first-order chi connectivity index (χ1) is 10.7. The fourth-order valence-electron chi connectivity index (χ4n) is 3.30. The van der Waals surface area contributed by atoms with E-state index >= 15 is 0 Å². The Morgan fingerprint density at radius 2 is 1.96 bits per heavy atom. The first-order valence-corrected chi connectivity index (χ1v) is 9.01. The summed E-state index contributed by atoms with van der Waals surface area (Å²) in [5.74, 6) is 0.